The Balaban J connectivity index is 1.81. The molecule has 3 aromatic rings. The fourth-order valence-electron chi connectivity index (χ4n) is 1.73. The molecule has 112 valence electrons. The second-order valence-electron chi connectivity index (χ2n) is 4.36. The molecule has 0 spiro atoms. The summed E-state index contributed by atoms with van der Waals surface area (Å²) in [6.45, 7) is 1.84. The van der Waals surface area contributed by atoms with Gasteiger partial charge in [0.15, 0.2) is 5.82 Å². The van der Waals surface area contributed by atoms with Crippen LogP contribution < -0.4 is 5.32 Å². The highest BCUT2D eigenvalue weighted by molar-refractivity contribution is 6.42. The summed E-state index contributed by atoms with van der Waals surface area (Å²) in [5.74, 6) is 1.05. The Labute approximate surface area is 135 Å². The quantitative estimate of drug-likeness (QED) is 0.786. The van der Waals surface area contributed by atoms with Gasteiger partial charge in [-0.25, -0.2) is 0 Å². The SMILES string of the molecule is Cc1cc(N/C=C\c2nnnn2-c2ccc(Cl)c(Cl)c2)on1. The minimum absolute atomic E-state index is 0.430. The second kappa shape index (κ2) is 6.17. The summed E-state index contributed by atoms with van der Waals surface area (Å²) in [5, 5.41) is 19.1. The van der Waals surface area contributed by atoms with Gasteiger partial charge in [-0.3, -0.25) is 0 Å². The monoisotopic (exact) mass is 336 g/mol. The third-order valence-corrected chi connectivity index (χ3v) is 3.47. The van der Waals surface area contributed by atoms with Gasteiger partial charge in [0.25, 0.3) is 0 Å². The van der Waals surface area contributed by atoms with Gasteiger partial charge in [-0.2, -0.15) is 4.68 Å². The number of aryl methyl sites for hydroxylation is 1. The molecule has 0 bridgehead atoms. The van der Waals surface area contributed by atoms with Crippen LogP contribution in [0.4, 0.5) is 5.88 Å². The van der Waals surface area contributed by atoms with Crippen LogP contribution >= 0.6 is 23.2 Å². The molecule has 2 aromatic heterocycles. The topological polar surface area (TPSA) is 81.7 Å². The normalized spacial score (nSPS) is 11.2. The van der Waals surface area contributed by atoms with E-state index in [0.29, 0.717) is 27.4 Å². The van der Waals surface area contributed by atoms with Crippen molar-refractivity contribution in [3.8, 4) is 5.69 Å². The van der Waals surface area contributed by atoms with E-state index in [1.54, 1.807) is 36.5 Å². The zero-order valence-electron chi connectivity index (χ0n) is 11.4. The summed E-state index contributed by atoms with van der Waals surface area (Å²) in [6, 6.07) is 6.91. The van der Waals surface area contributed by atoms with Crippen molar-refractivity contribution in [1.82, 2.24) is 25.4 Å². The number of benzene rings is 1. The second-order valence-corrected chi connectivity index (χ2v) is 5.17. The number of anilines is 1. The first-order valence-electron chi connectivity index (χ1n) is 6.24. The van der Waals surface area contributed by atoms with Crippen LogP contribution in [0.15, 0.2) is 35.0 Å². The Morgan fingerprint density at radius 1 is 1.23 bits per heavy atom. The molecule has 0 atom stereocenters. The molecule has 0 amide bonds. The van der Waals surface area contributed by atoms with Gasteiger partial charge in [0.1, 0.15) is 0 Å². The van der Waals surface area contributed by atoms with E-state index in [1.165, 1.54) is 4.68 Å². The molecule has 0 unspecified atom stereocenters. The van der Waals surface area contributed by atoms with E-state index in [4.69, 9.17) is 27.7 Å². The molecule has 2 heterocycles. The summed E-state index contributed by atoms with van der Waals surface area (Å²) in [5.41, 5.74) is 1.49. The van der Waals surface area contributed by atoms with Gasteiger partial charge in [-0.15, -0.1) is 5.10 Å². The van der Waals surface area contributed by atoms with Crippen molar-refractivity contribution in [2.45, 2.75) is 6.92 Å². The van der Waals surface area contributed by atoms with E-state index >= 15 is 0 Å². The molecule has 3 rings (SSSR count). The molecular formula is C13H10Cl2N6O. The highest BCUT2D eigenvalue weighted by atomic mass is 35.5. The van der Waals surface area contributed by atoms with Gasteiger partial charge in [0.05, 0.1) is 21.4 Å². The lowest BCUT2D eigenvalue weighted by molar-refractivity contribution is 0.429. The van der Waals surface area contributed by atoms with Crippen molar-refractivity contribution in [2.75, 3.05) is 5.32 Å². The molecule has 9 heteroatoms. The number of hydrogen-bond acceptors (Lipinski definition) is 6. The third-order valence-electron chi connectivity index (χ3n) is 2.73. The van der Waals surface area contributed by atoms with Gasteiger partial charge in [0.2, 0.25) is 5.88 Å². The van der Waals surface area contributed by atoms with Crippen LogP contribution in [0.5, 0.6) is 0 Å². The van der Waals surface area contributed by atoms with Gasteiger partial charge in [0, 0.05) is 18.3 Å². The first-order valence-corrected chi connectivity index (χ1v) is 6.99. The summed E-state index contributed by atoms with van der Waals surface area (Å²) in [6.07, 6.45) is 3.35. The number of rotatable bonds is 4. The van der Waals surface area contributed by atoms with Crippen LogP contribution in [0.25, 0.3) is 11.8 Å². The van der Waals surface area contributed by atoms with Crippen LogP contribution in [0.1, 0.15) is 11.5 Å². The van der Waals surface area contributed by atoms with Crippen molar-refractivity contribution in [2.24, 2.45) is 0 Å². The molecule has 1 N–H and O–H groups in total. The van der Waals surface area contributed by atoms with Crippen molar-refractivity contribution in [3.05, 3.63) is 52.0 Å². The Bertz CT molecular complexity index is 826. The van der Waals surface area contributed by atoms with Crippen LogP contribution in [-0.2, 0) is 0 Å². The standard InChI is InChI=1S/C13H10Cl2N6O/c1-8-6-13(22-18-8)16-5-4-12-17-19-20-21(12)9-2-3-10(14)11(15)7-9/h2-7,16H,1H3/b5-4-. The van der Waals surface area contributed by atoms with E-state index in [-0.39, 0.29) is 0 Å². The predicted octanol–water partition coefficient (Wildman–Crippen LogP) is 3.35. The first kappa shape index (κ1) is 14.6. The summed E-state index contributed by atoms with van der Waals surface area (Å²) < 4.78 is 6.56. The number of nitrogens with one attached hydrogen (secondary N) is 1. The van der Waals surface area contributed by atoms with Crippen molar-refractivity contribution >= 4 is 35.2 Å². The molecule has 0 aliphatic rings. The van der Waals surface area contributed by atoms with Crippen molar-refractivity contribution < 1.29 is 4.52 Å². The molecule has 0 saturated heterocycles. The highest BCUT2D eigenvalue weighted by Gasteiger charge is 2.07. The highest BCUT2D eigenvalue weighted by Crippen LogP contribution is 2.24. The Morgan fingerprint density at radius 3 is 2.82 bits per heavy atom. The van der Waals surface area contributed by atoms with Crippen LogP contribution in [0.3, 0.4) is 0 Å². The molecule has 0 aliphatic heterocycles. The Hall–Kier alpha value is -2.38. The number of aromatic nitrogens is 5. The summed E-state index contributed by atoms with van der Waals surface area (Å²) in [7, 11) is 0. The zero-order chi connectivity index (χ0) is 15.5. The number of halogens is 2. The molecule has 0 saturated carbocycles. The number of nitrogens with zero attached hydrogens (tertiary/aromatic N) is 5. The van der Waals surface area contributed by atoms with E-state index in [0.717, 1.165) is 5.69 Å². The van der Waals surface area contributed by atoms with Gasteiger partial charge >= 0.3 is 0 Å². The average Bonchev–Trinajstić information content (AvgIpc) is 3.11. The van der Waals surface area contributed by atoms with E-state index < -0.39 is 0 Å². The molecule has 22 heavy (non-hydrogen) atoms. The summed E-state index contributed by atoms with van der Waals surface area (Å²) >= 11 is 11.9. The first-order chi connectivity index (χ1) is 10.6. The Kier molecular flexibility index (Phi) is 4.08. The number of tetrazole rings is 1. The average molecular weight is 337 g/mol. The van der Waals surface area contributed by atoms with Gasteiger partial charge < -0.3 is 9.84 Å². The van der Waals surface area contributed by atoms with E-state index in [9.17, 15) is 0 Å². The minimum atomic E-state index is 0.430. The van der Waals surface area contributed by atoms with Crippen LogP contribution in [-0.4, -0.2) is 25.4 Å². The lowest BCUT2D eigenvalue weighted by Crippen LogP contribution is -2.00. The van der Waals surface area contributed by atoms with E-state index in [1.807, 2.05) is 6.92 Å². The molecular weight excluding hydrogens is 327 g/mol. The molecule has 0 aliphatic carbocycles. The third kappa shape index (κ3) is 3.10. The summed E-state index contributed by atoms with van der Waals surface area (Å²) in [4.78, 5) is 0. The maximum atomic E-state index is 6.01. The maximum Gasteiger partial charge on any atom is 0.228 e. The van der Waals surface area contributed by atoms with Gasteiger partial charge in [-0.05, 0) is 35.5 Å². The lowest BCUT2D eigenvalue weighted by atomic mass is 10.3. The zero-order valence-corrected chi connectivity index (χ0v) is 12.9. The maximum absolute atomic E-state index is 6.01. The largest absolute Gasteiger partial charge is 0.338 e. The lowest BCUT2D eigenvalue weighted by Gasteiger charge is -2.03. The molecule has 7 nitrogen and oxygen atoms in total. The number of hydrogen-bond donors (Lipinski definition) is 1. The van der Waals surface area contributed by atoms with Crippen LogP contribution in [0.2, 0.25) is 10.0 Å². The fourth-order valence-corrected chi connectivity index (χ4v) is 2.02. The van der Waals surface area contributed by atoms with Gasteiger partial charge in [-0.1, -0.05) is 28.4 Å². The molecule has 0 fully saturated rings. The van der Waals surface area contributed by atoms with Crippen molar-refractivity contribution in [3.63, 3.8) is 0 Å². The minimum Gasteiger partial charge on any atom is -0.338 e. The molecule has 0 radical (unpaired) electrons. The predicted molar refractivity (Wildman–Crippen MR) is 83.1 cm³/mol. The fraction of sp³-hybridized carbons (Fsp3) is 0.0769. The smallest absolute Gasteiger partial charge is 0.228 e. The van der Waals surface area contributed by atoms with Crippen molar-refractivity contribution in [1.29, 1.82) is 0 Å². The van der Waals surface area contributed by atoms with Crippen LogP contribution in [0, 0.1) is 6.92 Å². The Morgan fingerprint density at radius 2 is 2.09 bits per heavy atom. The van der Waals surface area contributed by atoms with E-state index in [2.05, 4.69) is 26.0 Å². The molecule has 1 aromatic carbocycles.